The van der Waals surface area contributed by atoms with Crippen LogP contribution in [0.2, 0.25) is 0 Å². The lowest BCUT2D eigenvalue weighted by molar-refractivity contribution is -0.119. The molecule has 0 fully saturated rings. The van der Waals surface area contributed by atoms with Gasteiger partial charge in [-0.2, -0.15) is 5.10 Å². The molecule has 7 heteroatoms. The number of rotatable bonds is 5. The standard InChI is InChI=1S/C21H24BrN5O/c1-13(27-23)21-17-7-6-15(22)12-18(17)19(8-9-25-21)26-16-5-3-4-14(10-16)11-20(28)24-2/h3-7,10,12,19,26H,8-9,11,23H2,1-2H3,(H,24,28). The molecule has 1 atom stereocenters. The van der Waals surface area contributed by atoms with Crippen molar-refractivity contribution in [2.75, 3.05) is 18.9 Å². The summed E-state index contributed by atoms with van der Waals surface area (Å²) in [7, 11) is 1.65. The third kappa shape index (κ3) is 4.59. The smallest absolute Gasteiger partial charge is 0.224 e. The second kappa shape index (κ2) is 9.01. The molecule has 3 rings (SSSR count). The summed E-state index contributed by atoms with van der Waals surface area (Å²) in [6.45, 7) is 2.55. The fraction of sp³-hybridized carbons (Fsp3) is 0.286. The average Bonchev–Trinajstić information content (AvgIpc) is 2.87. The van der Waals surface area contributed by atoms with E-state index >= 15 is 0 Å². The minimum absolute atomic E-state index is 0.00418. The zero-order chi connectivity index (χ0) is 20.1. The Kier molecular flexibility index (Phi) is 6.46. The Balaban J connectivity index is 1.92. The number of benzene rings is 2. The van der Waals surface area contributed by atoms with Gasteiger partial charge in [0.15, 0.2) is 0 Å². The van der Waals surface area contributed by atoms with E-state index in [9.17, 15) is 4.79 Å². The number of nitrogens with two attached hydrogens (primary N) is 1. The molecule has 0 aliphatic carbocycles. The number of carbonyl (C=O) groups is 1. The number of amides is 1. The Hall–Kier alpha value is -2.67. The van der Waals surface area contributed by atoms with Crippen LogP contribution in [0.3, 0.4) is 0 Å². The maximum Gasteiger partial charge on any atom is 0.224 e. The Bertz CT molecular complexity index is 938. The lowest BCUT2D eigenvalue weighted by atomic mass is 9.94. The van der Waals surface area contributed by atoms with Crippen molar-refractivity contribution in [3.8, 4) is 0 Å². The fourth-order valence-corrected chi connectivity index (χ4v) is 3.73. The Morgan fingerprint density at radius 3 is 2.89 bits per heavy atom. The quantitative estimate of drug-likeness (QED) is 0.377. The Morgan fingerprint density at radius 1 is 1.32 bits per heavy atom. The third-order valence-corrected chi connectivity index (χ3v) is 5.27. The number of fused-ring (bicyclic) bond motifs is 1. The highest BCUT2D eigenvalue weighted by atomic mass is 79.9. The van der Waals surface area contributed by atoms with Crippen LogP contribution >= 0.6 is 15.9 Å². The zero-order valence-corrected chi connectivity index (χ0v) is 17.6. The lowest BCUT2D eigenvalue weighted by Crippen LogP contribution is -2.20. The summed E-state index contributed by atoms with van der Waals surface area (Å²) in [5, 5.41) is 10.1. The first kappa shape index (κ1) is 20.1. The van der Waals surface area contributed by atoms with Crippen molar-refractivity contribution in [1.82, 2.24) is 5.32 Å². The maximum absolute atomic E-state index is 11.7. The molecule has 0 bridgehead atoms. The van der Waals surface area contributed by atoms with Crippen molar-refractivity contribution >= 4 is 38.9 Å². The summed E-state index contributed by atoms with van der Waals surface area (Å²) in [5.41, 5.74) is 5.68. The number of hydrogen-bond acceptors (Lipinski definition) is 5. The molecule has 0 saturated carbocycles. The van der Waals surface area contributed by atoms with Crippen molar-refractivity contribution < 1.29 is 4.79 Å². The van der Waals surface area contributed by atoms with Gasteiger partial charge in [-0.1, -0.05) is 34.1 Å². The first-order chi connectivity index (χ1) is 13.5. The molecule has 146 valence electrons. The molecule has 6 nitrogen and oxygen atoms in total. The minimum Gasteiger partial charge on any atom is -0.378 e. The first-order valence-corrected chi connectivity index (χ1v) is 9.96. The summed E-state index contributed by atoms with van der Waals surface area (Å²) < 4.78 is 1.01. The molecular weight excluding hydrogens is 418 g/mol. The maximum atomic E-state index is 11.7. The largest absolute Gasteiger partial charge is 0.378 e. The van der Waals surface area contributed by atoms with Gasteiger partial charge in [-0.05, 0) is 48.7 Å². The van der Waals surface area contributed by atoms with E-state index in [1.54, 1.807) is 7.05 Å². The summed E-state index contributed by atoms with van der Waals surface area (Å²) in [5.74, 6) is 5.51. The molecule has 2 aromatic rings. The fourth-order valence-electron chi connectivity index (χ4n) is 3.35. The number of likely N-dealkylation sites (N-methyl/N-ethyl adjacent to an activating group) is 1. The number of hydrazone groups is 1. The van der Waals surface area contributed by atoms with E-state index in [1.807, 2.05) is 37.3 Å². The van der Waals surface area contributed by atoms with Crippen LogP contribution in [-0.4, -0.2) is 30.9 Å². The van der Waals surface area contributed by atoms with Crippen LogP contribution in [0.5, 0.6) is 0 Å². The van der Waals surface area contributed by atoms with Crippen molar-refractivity contribution in [2.24, 2.45) is 15.9 Å². The summed E-state index contributed by atoms with van der Waals surface area (Å²) in [6.07, 6.45) is 1.20. The van der Waals surface area contributed by atoms with Crippen molar-refractivity contribution in [1.29, 1.82) is 0 Å². The third-order valence-electron chi connectivity index (χ3n) is 4.78. The normalized spacial score (nSPS) is 16.6. The van der Waals surface area contributed by atoms with Crippen LogP contribution in [-0.2, 0) is 11.2 Å². The SMILES string of the molecule is CNC(=O)Cc1cccc(NC2CCN=C(C(C)=NN)c3ccc(Br)cc32)c1. The second-order valence-electron chi connectivity index (χ2n) is 6.71. The average molecular weight is 442 g/mol. The highest BCUT2D eigenvalue weighted by Gasteiger charge is 2.23. The van der Waals surface area contributed by atoms with Gasteiger partial charge in [-0.15, -0.1) is 0 Å². The molecule has 1 aliphatic rings. The van der Waals surface area contributed by atoms with Gasteiger partial charge < -0.3 is 16.5 Å². The molecule has 4 N–H and O–H groups in total. The van der Waals surface area contributed by atoms with Gasteiger partial charge >= 0.3 is 0 Å². The van der Waals surface area contributed by atoms with Gasteiger partial charge in [0.1, 0.15) is 0 Å². The van der Waals surface area contributed by atoms with Gasteiger partial charge in [0.25, 0.3) is 0 Å². The predicted molar refractivity (Wildman–Crippen MR) is 118 cm³/mol. The van der Waals surface area contributed by atoms with Crippen LogP contribution in [0.25, 0.3) is 0 Å². The number of aliphatic imine (C=N–C) groups is 1. The van der Waals surface area contributed by atoms with Crippen LogP contribution in [0.15, 0.2) is 57.0 Å². The van der Waals surface area contributed by atoms with Crippen LogP contribution in [0, 0.1) is 0 Å². The number of carbonyl (C=O) groups excluding carboxylic acids is 1. The molecule has 2 aromatic carbocycles. The molecule has 1 heterocycles. The molecule has 28 heavy (non-hydrogen) atoms. The van der Waals surface area contributed by atoms with E-state index < -0.39 is 0 Å². The zero-order valence-electron chi connectivity index (χ0n) is 16.0. The van der Waals surface area contributed by atoms with Gasteiger partial charge in [0.2, 0.25) is 5.91 Å². The Labute approximate surface area is 173 Å². The number of anilines is 1. The van der Waals surface area contributed by atoms with E-state index in [2.05, 4.69) is 43.8 Å². The van der Waals surface area contributed by atoms with Gasteiger partial charge in [0, 0.05) is 29.3 Å². The lowest BCUT2D eigenvalue weighted by Gasteiger charge is -2.21. The summed E-state index contributed by atoms with van der Waals surface area (Å²) >= 11 is 3.58. The summed E-state index contributed by atoms with van der Waals surface area (Å²) in [4.78, 5) is 16.4. The number of hydrogen-bond donors (Lipinski definition) is 3. The molecule has 1 aliphatic heterocycles. The molecule has 1 unspecified atom stereocenters. The van der Waals surface area contributed by atoms with Gasteiger partial charge in [0.05, 0.1) is 23.9 Å². The van der Waals surface area contributed by atoms with Gasteiger partial charge in [-0.3, -0.25) is 9.79 Å². The monoisotopic (exact) mass is 441 g/mol. The topological polar surface area (TPSA) is 91.9 Å². The van der Waals surface area contributed by atoms with Crippen LogP contribution in [0.1, 0.15) is 36.1 Å². The summed E-state index contributed by atoms with van der Waals surface area (Å²) in [6, 6.07) is 14.2. The highest BCUT2D eigenvalue weighted by Crippen LogP contribution is 2.31. The molecule has 0 spiro atoms. The number of nitrogens with one attached hydrogen (secondary N) is 2. The van der Waals surface area contributed by atoms with Crippen molar-refractivity contribution in [2.45, 2.75) is 25.8 Å². The van der Waals surface area contributed by atoms with E-state index in [-0.39, 0.29) is 11.9 Å². The minimum atomic E-state index is -0.00418. The van der Waals surface area contributed by atoms with E-state index in [1.165, 1.54) is 0 Å². The predicted octanol–water partition coefficient (Wildman–Crippen LogP) is 3.42. The molecule has 0 radical (unpaired) electrons. The Morgan fingerprint density at radius 2 is 2.14 bits per heavy atom. The highest BCUT2D eigenvalue weighted by molar-refractivity contribution is 9.10. The number of halogens is 1. The van der Waals surface area contributed by atoms with E-state index in [4.69, 9.17) is 10.8 Å². The van der Waals surface area contributed by atoms with Gasteiger partial charge in [-0.25, -0.2) is 0 Å². The van der Waals surface area contributed by atoms with Crippen LogP contribution < -0.4 is 16.5 Å². The second-order valence-corrected chi connectivity index (χ2v) is 7.63. The molecule has 0 saturated heterocycles. The van der Waals surface area contributed by atoms with Crippen molar-refractivity contribution in [3.05, 3.63) is 63.6 Å². The first-order valence-electron chi connectivity index (χ1n) is 9.17. The van der Waals surface area contributed by atoms with Crippen molar-refractivity contribution in [3.63, 3.8) is 0 Å². The molecule has 0 aromatic heterocycles. The molecular formula is C21H24BrN5O. The molecule has 1 amide bonds. The van der Waals surface area contributed by atoms with E-state index in [0.29, 0.717) is 13.0 Å². The van der Waals surface area contributed by atoms with Crippen LogP contribution in [0.4, 0.5) is 5.69 Å². The number of nitrogens with zero attached hydrogens (tertiary/aromatic N) is 2. The van der Waals surface area contributed by atoms with E-state index in [0.717, 1.165) is 44.7 Å².